The van der Waals surface area contributed by atoms with E-state index < -0.39 is 81.6 Å². The fraction of sp³-hybridized carbons (Fsp3) is 0.394. The van der Waals surface area contributed by atoms with E-state index in [4.69, 9.17) is 44.8 Å². The highest BCUT2D eigenvalue weighted by Crippen LogP contribution is 2.36. The SMILES string of the molecule is C[C@@H]1CO[C@@](O)(c2cc(F)cc(F)c2)[C@H](C)N1C(=O)OCOC(=O)CC(=O)OCCCCOC(=O)c1cc(S(N)(=O)=O)c(Cl)cc1NCc1ccco1. The third-order valence-corrected chi connectivity index (χ3v) is 9.22. The average Bonchev–Trinajstić information content (AvgIpc) is 3.60. The van der Waals surface area contributed by atoms with Crippen molar-refractivity contribution >= 4 is 51.3 Å². The van der Waals surface area contributed by atoms with E-state index in [9.17, 15) is 41.5 Å². The Balaban J connectivity index is 1.17. The van der Waals surface area contributed by atoms with E-state index in [0.29, 0.717) is 11.8 Å². The number of primary sulfonamides is 1. The number of aliphatic hydroxyl groups is 1. The van der Waals surface area contributed by atoms with Gasteiger partial charge in [-0.3, -0.25) is 14.5 Å². The van der Waals surface area contributed by atoms with Gasteiger partial charge in [0.25, 0.3) is 0 Å². The summed E-state index contributed by atoms with van der Waals surface area (Å²) < 4.78 is 82.3. The number of unbranched alkanes of at least 4 members (excludes halogenated alkanes) is 1. The molecule has 3 aromatic rings. The molecule has 0 saturated carbocycles. The smallest absolute Gasteiger partial charge is 0.413 e. The van der Waals surface area contributed by atoms with Gasteiger partial charge in [0.2, 0.25) is 22.6 Å². The van der Waals surface area contributed by atoms with E-state index in [1.165, 1.54) is 19.3 Å². The largest absolute Gasteiger partial charge is 0.467 e. The van der Waals surface area contributed by atoms with E-state index in [1.807, 2.05) is 0 Å². The maximum absolute atomic E-state index is 13.8. The lowest BCUT2D eigenvalue weighted by molar-refractivity contribution is -0.280. The van der Waals surface area contributed by atoms with Gasteiger partial charge in [-0.15, -0.1) is 0 Å². The van der Waals surface area contributed by atoms with Crippen LogP contribution in [0.4, 0.5) is 19.3 Å². The molecule has 2 aromatic carbocycles. The molecule has 3 atom stereocenters. The number of ether oxygens (including phenoxy) is 5. The van der Waals surface area contributed by atoms with Crippen molar-refractivity contribution in [2.24, 2.45) is 5.14 Å². The van der Waals surface area contributed by atoms with Crippen molar-refractivity contribution in [2.75, 3.05) is 31.9 Å². The fourth-order valence-electron chi connectivity index (χ4n) is 5.20. The lowest BCUT2D eigenvalue weighted by atomic mass is 9.94. The third kappa shape index (κ3) is 10.9. The van der Waals surface area contributed by atoms with Crippen LogP contribution in [-0.4, -0.2) is 81.1 Å². The number of carbonyl (C=O) groups is 4. The number of nitrogens with zero attached hydrogens (tertiary/aromatic N) is 1. The van der Waals surface area contributed by atoms with Gasteiger partial charge < -0.3 is 38.5 Å². The number of esters is 3. The molecule has 1 amide bonds. The van der Waals surface area contributed by atoms with Gasteiger partial charge in [-0.05, 0) is 63.1 Å². The Hall–Kier alpha value is -4.82. The Morgan fingerprint density at radius 3 is 2.32 bits per heavy atom. The molecular formula is C33H36ClF2N3O13S. The van der Waals surface area contributed by atoms with Crippen LogP contribution in [0.3, 0.4) is 0 Å². The van der Waals surface area contributed by atoms with Crippen molar-refractivity contribution in [1.82, 2.24) is 4.90 Å². The molecule has 4 rings (SSSR count). The summed E-state index contributed by atoms with van der Waals surface area (Å²) in [6.07, 6.45) is 0.0168. The second-order valence-electron chi connectivity index (χ2n) is 11.7. The van der Waals surface area contributed by atoms with E-state index in [0.717, 1.165) is 23.1 Å². The number of carbonyl (C=O) groups excluding carboxylic acids is 4. The number of rotatable bonds is 15. The predicted molar refractivity (Wildman–Crippen MR) is 178 cm³/mol. The zero-order valence-electron chi connectivity index (χ0n) is 28.3. The van der Waals surface area contributed by atoms with Crippen LogP contribution in [0.2, 0.25) is 5.02 Å². The number of halogens is 3. The molecule has 1 aliphatic rings. The molecule has 0 radical (unpaired) electrons. The minimum Gasteiger partial charge on any atom is -0.467 e. The first kappa shape index (κ1) is 40.9. The molecule has 0 spiro atoms. The van der Waals surface area contributed by atoms with Crippen molar-refractivity contribution in [2.45, 2.75) is 62.4 Å². The summed E-state index contributed by atoms with van der Waals surface area (Å²) in [4.78, 5) is 50.4. The minimum atomic E-state index is -4.27. The van der Waals surface area contributed by atoms with Crippen LogP contribution in [0.25, 0.3) is 0 Å². The van der Waals surface area contributed by atoms with Crippen LogP contribution < -0.4 is 10.5 Å². The number of benzene rings is 2. The molecule has 1 aromatic heterocycles. The molecule has 53 heavy (non-hydrogen) atoms. The first-order valence-corrected chi connectivity index (χ1v) is 17.8. The molecule has 0 aliphatic carbocycles. The Morgan fingerprint density at radius 2 is 1.68 bits per heavy atom. The quantitative estimate of drug-likeness (QED) is 0.0653. The van der Waals surface area contributed by atoms with Crippen LogP contribution in [-0.2, 0) is 55.6 Å². The van der Waals surface area contributed by atoms with Gasteiger partial charge in [-0.2, -0.15) is 0 Å². The zero-order chi connectivity index (χ0) is 38.9. The highest BCUT2D eigenvalue weighted by atomic mass is 35.5. The molecule has 1 aliphatic heterocycles. The molecule has 0 unspecified atom stereocenters. The van der Waals surface area contributed by atoms with Gasteiger partial charge in [0.1, 0.15) is 28.7 Å². The van der Waals surface area contributed by atoms with Crippen LogP contribution in [0.1, 0.15) is 54.8 Å². The number of nitrogens with one attached hydrogen (secondary N) is 1. The second-order valence-corrected chi connectivity index (χ2v) is 13.6. The van der Waals surface area contributed by atoms with E-state index in [1.54, 1.807) is 19.1 Å². The maximum Gasteiger partial charge on any atom is 0.413 e. The number of nitrogens with two attached hydrogens (primary N) is 1. The number of morpholine rings is 1. The van der Waals surface area contributed by atoms with Gasteiger partial charge in [0.05, 0.1) is 61.0 Å². The minimum absolute atomic E-state index is 0.143. The van der Waals surface area contributed by atoms with Crippen LogP contribution in [0.15, 0.2) is 58.0 Å². The standard InChI is InChI=1S/C33H36ClF2N3O13S/c1-19-17-52-33(44,21-10-22(35)12-23(36)11-21)20(2)39(19)32(43)51-18-50-30(41)15-29(40)48-7-3-4-8-49-31(42)25-13-28(53(37,45)46)26(34)14-27(25)38-16-24-6-5-9-47-24/h5-6,9-14,19-20,38,44H,3-4,7-8,15-18H2,1-2H3,(H2,37,45,46)/t19-,20+,33-/m1/s1. The van der Waals surface area contributed by atoms with Crippen LogP contribution in [0.5, 0.6) is 0 Å². The van der Waals surface area contributed by atoms with Gasteiger partial charge in [0.15, 0.2) is 0 Å². The topological polar surface area (TPSA) is 223 Å². The lowest BCUT2D eigenvalue weighted by Gasteiger charge is -2.47. The molecule has 2 heterocycles. The first-order valence-electron chi connectivity index (χ1n) is 15.9. The highest BCUT2D eigenvalue weighted by Gasteiger charge is 2.49. The van der Waals surface area contributed by atoms with Crippen molar-refractivity contribution in [3.63, 3.8) is 0 Å². The van der Waals surface area contributed by atoms with Gasteiger partial charge in [0, 0.05) is 11.6 Å². The first-order chi connectivity index (χ1) is 25.0. The molecule has 4 N–H and O–H groups in total. The summed E-state index contributed by atoms with van der Waals surface area (Å²) in [5, 5.41) is 19.0. The predicted octanol–water partition coefficient (Wildman–Crippen LogP) is 3.93. The summed E-state index contributed by atoms with van der Waals surface area (Å²) in [5.74, 6) is -6.61. The molecule has 16 nitrogen and oxygen atoms in total. The fourth-order valence-corrected chi connectivity index (χ4v) is 6.30. The van der Waals surface area contributed by atoms with Crippen molar-refractivity contribution in [3.05, 3.63) is 82.3 Å². The van der Waals surface area contributed by atoms with Crippen LogP contribution in [0, 0.1) is 11.6 Å². The second kappa shape index (κ2) is 17.8. The monoisotopic (exact) mass is 787 g/mol. The van der Waals surface area contributed by atoms with E-state index >= 15 is 0 Å². The van der Waals surface area contributed by atoms with Crippen LogP contribution >= 0.6 is 11.6 Å². The van der Waals surface area contributed by atoms with Crippen molar-refractivity contribution in [1.29, 1.82) is 0 Å². The molecule has 1 fully saturated rings. The number of hydrogen-bond donors (Lipinski definition) is 3. The molecule has 0 bridgehead atoms. The summed E-state index contributed by atoms with van der Waals surface area (Å²) in [6, 6.07) is 6.06. The van der Waals surface area contributed by atoms with Crippen molar-refractivity contribution in [3.8, 4) is 0 Å². The Kier molecular flexibility index (Phi) is 13.8. The maximum atomic E-state index is 13.8. The normalized spacial score (nSPS) is 18.6. The molecule has 1 saturated heterocycles. The average molecular weight is 788 g/mol. The Morgan fingerprint density at radius 1 is 1.02 bits per heavy atom. The van der Waals surface area contributed by atoms with Crippen molar-refractivity contribution < 1.29 is 69.6 Å². The third-order valence-electron chi connectivity index (χ3n) is 7.85. The number of amides is 1. The summed E-state index contributed by atoms with van der Waals surface area (Å²) in [6.45, 7) is 1.66. The van der Waals surface area contributed by atoms with Gasteiger partial charge in [-0.1, -0.05) is 11.6 Å². The highest BCUT2D eigenvalue weighted by molar-refractivity contribution is 7.89. The molecule has 20 heteroatoms. The Labute approximate surface area is 307 Å². The molecular weight excluding hydrogens is 752 g/mol. The summed E-state index contributed by atoms with van der Waals surface area (Å²) in [7, 11) is -4.27. The van der Waals surface area contributed by atoms with E-state index in [2.05, 4.69) is 5.32 Å². The Bertz CT molecular complexity index is 1900. The molecule has 288 valence electrons. The number of furan rings is 1. The number of hydrogen-bond acceptors (Lipinski definition) is 14. The zero-order valence-corrected chi connectivity index (χ0v) is 29.9. The summed E-state index contributed by atoms with van der Waals surface area (Å²) in [5.41, 5.74) is -0.256. The number of sulfonamides is 1. The lowest BCUT2D eigenvalue weighted by Crippen LogP contribution is -2.62. The van der Waals surface area contributed by atoms with Gasteiger partial charge in [-0.25, -0.2) is 31.9 Å². The summed E-state index contributed by atoms with van der Waals surface area (Å²) >= 11 is 6.08. The number of anilines is 1. The van der Waals surface area contributed by atoms with E-state index in [-0.39, 0.29) is 61.0 Å². The van der Waals surface area contributed by atoms with Gasteiger partial charge >= 0.3 is 24.0 Å².